The van der Waals surface area contributed by atoms with Crippen LogP contribution in [0.2, 0.25) is 0 Å². The van der Waals surface area contributed by atoms with Gasteiger partial charge in [-0.3, -0.25) is 0 Å². The number of hydrogen-bond acceptors (Lipinski definition) is 3. The van der Waals surface area contributed by atoms with Crippen LogP contribution in [0.25, 0.3) is 0 Å². The van der Waals surface area contributed by atoms with Gasteiger partial charge < -0.3 is 14.6 Å². The van der Waals surface area contributed by atoms with Crippen LogP contribution in [0.5, 0.6) is 0 Å². The highest BCUT2D eigenvalue weighted by Gasteiger charge is 2.38. The molecule has 4 nitrogen and oxygen atoms in total. The van der Waals surface area contributed by atoms with Gasteiger partial charge >= 0.3 is 0 Å². The number of hydrogen-bond donors (Lipinski definition) is 1. The minimum absolute atomic E-state index is 0.770. The van der Waals surface area contributed by atoms with Gasteiger partial charge in [-0.15, -0.1) is 0 Å². The van der Waals surface area contributed by atoms with E-state index in [1.54, 1.807) is 0 Å². The molecule has 27 heavy (non-hydrogen) atoms. The van der Waals surface area contributed by atoms with Gasteiger partial charge in [0.15, 0.2) is 0 Å². The normalized spacial score (nSPS) is 14.1. The summed E-state index contributed by atoms with van der Waals surface area (Å²) in [4.78, 5) is 7.38. The average molecular weight is 370 g/mol. The first-order valence-electron chi connectivity index (χ1n) is 10.5. The van der Waals surface area contributed by atoms with Crippen molar-refractivity contribution < 1.29 is 5.11 Å². The van der Waals surface area contributed by atoms with E-state index in [1.807, 2.05) is 0 Å². The fraction of sp³-hybridized carbons (Fsp3) is 0.609. The summed E-state index contributed by atoms with van der Waals surface area (Å²) in [7, 11) is 0. The predicted molar refractivity (Wildman–Crippen MR) is 113 cm³/mol. The summed E-state index contributed by atoms with van der Waals surface area (Å²) in [6, 6.07) is 4.50. The van der Waals surface area contributed by atoms with Crippen LogP contribution in [-0.4, -0.2) is 21.2 Å². The van der Waals surface area contributed by atoms with Crippen LogP contribution in [0.3, 0.4) is 0 Å². The lowest BCUT2D eigenvalue weighted by Crippen LogP contribution is -2.30. The van der Waals surface area contributed by atoms with E-state index in [0.29, 0.717) is 0 Å². The molecule has 1 N–H and O–H groups in total. The van der Waals surface area contributed by atoms with Crippen LogP contribution in [0, 0.1) is 20.8 Å². The van der Waals surface area contributed by atoms with E-state index in [9.17, 15) is 5.11 Å². The maximum Gasteiger partial charge on any atom is 0.210 e. The zero-order valence-electron chi connectivity index (χ0n) is 17.9. The Morgan fingerprint density at radius 1 is 1.00 bits per heavy atom. The molecule has 1 aliphatic rings. The highest BCUT2D eigenvalue weighted by atomic mass is 16.3. The van der Waals surface area contributed by atoms with Gasteiger partial charge in [0.1, 0.15) is 5.60 Å². The van der Waals surface area contributed by atoms with E-state index < -0.39 is 5.60 Å². The molecule has 148 valence electrons. The second-order valence-electron chi connectivity index (χ2n) is 8.14. The van der Waals surface area contributed by atoms with Gasteiger partial charge in [-0.05, 0) is 51.2 Å². The Labute approximate surface area is 164 Å². The SMILES string of the molecule is CCCC(O)(CCC)c1c(CC)nc2n1CCN2c1c(C)cc(C)cc1C. The van der Waals surface area contributed by atoms with Gasteiger partial charge in [0.25, 0.3) is 0 Å². The van der Waals surface area contributed by atoms with E-state index in [0.717, 1.165) is 62.5 Å². The number of nitrogens with zero attached hydrogens (tertiary/aromatic N) is 3. The Morgan fingerprint density at radius 3 is 2.11 bits per heavy atom. The first-order valence-corrected chi connectivity index (χ1v) is 10.5. The van der Waals surface area contributed by atoms with E-state index in [2.05, 4.69) is 63.1 Å². The van der Waals surface area contributed by atoms with Gasteiger partial charge in [0.05, 0.1) is 11.4 Å². The van der Waals surface area contributed by atoms with Gasteiger partial charge in [0.2, 0.25) is 5.95 Å². The molecule has 3 rings (SSSR count). The summed E-state index contributed by atoms with van der Waals surface area (Å²) in [6.07, 6.45) is 4.38. The molecule has 0 atom stereocenters. The molecule has 2 aromatic rings. The summed E-state index contributed by atoms with van der Waals surface area (Å²) in [5, 5.41) is 11.6. The fourth-order valence-electron chi connectivity index (χ4n) is 4.97. The molecule has 0 aliphatic carbocycles. The molecule has 2 heterocycles. The molecular formula is C23H35N3O. The highest BCUT2D eigenvalue weighted by Crippen LogP contribution is 2.41. The number of aromatic nitrogens is 2. The third kappa shape index (κ3) is 3.40. The maximum atomic E-state index is 11.6. The molecule has 0 saturated carbocycles. The van der Waals surface area contributed by atoms with Crippen molar-refractivity contribution in [3.63, 3.8) is 0 Å². The van der Waals surface area contributed by atoms with Gasteiger partial charge in [-0.1, -0.05) is 51.3 Å². The van der Waals surface area contributed by atoms with Gasteiger partial charge in [0, 0.05) is 18.8 Å². The second kappa shape index (κ2) is 7.67. The van der Waals surface area contributed by atoms with Crippen LogP contribution < -0.4 is 4.90 Å². The Balaban J connectivity index is 2.13. The minimum atomic E-state index is -0.770. The molecule has 0 bridgehead atoms. The van der Waals surface area contributed by atoms with Crippen molar-refractivity contribution in [1.29, 1.82) is 0 Å². The number of anilines is 2. The number of rotatable bonds is 7. The molecule has 4 heteroatoms. The molecule has 0 spiro atoms. The number of aryl methyl sites for hydroxylation is 4. The smallest absolute Gasteiger partial charge is 0.210 e. The van der Waals surface area contributed by atoms with Crippen molar-refractivity contribution in [1.82, 2.24) is 9.55 Å². The van der Waals surface area contributed by atoms with Crippen molar-refractivity contribution in [2.45, 2.75) is 85.8 Å². The lowest BCUT2D eigenvalue weighted by atomic mass is 9.87. The quantitative estimate of drug-likeness (QED) is 0.719. The molecule has 1 aliphatic heterocycles. The molecule has 1 aromatic heterocycles. The number of fused-ring (bicyclic) bond motifs is 1. The maximum absolute atomic E-state index is 11.6. The molecule has 0 saturated heterocycles. The van der Waals surface area contributed by atoms with Crippen molar-refractivity contribution in [2.75, 3.05) is 11.4 Å². The Hall–Kier alpha value is -1.81. The third-order valence-corrected chi connectivity index (χ3v) is 5.82. The zero-order valence-corrected chi connectivity index (χ0v) is 17.9. The van der Waals surface area contributed by atoms with E-state index in [1.165, 1.54) is 22.4 Å². The minimum Gasteiger partial charge on any atom is -0.384 e. The summed E-state index contributed by atoms with van der Waals surface area (Å²) >= 11 is 0. The highest BCUT2D eigenvalue weighted by molar-refractivity contribution is 5.68. The Morgan fingerprint density at radius 2 is 1.59 bits per heavy atom. The van der Waals surface area contributed by atoms with Crippen LogP contribution in [0.15, 0.2) is 12.1 Å². The van der Waals surface area contributed by atoms with Crippen molar-refractivity contribution >= 4 is 11.6 Å². The van der Waals surface area contributed by atoms with Crippen molar-refractivity contribution in [3.8, 4) is 0 Å². The van der Waals surface area contributed by atoms with E-state index >= 15 is 0 Å². The number of aliphatic hydroxyl groups is 1. The fourth-order valence-corrected chi connectivity index (χ4v) is 4.97. The second-order valence-corrected chi connectivity index (χ2v) is 8.14. The summed E-state index contributed by atoms with van der Waals surface area (Å²) in [5.41, 5.74) is 6.50. The zero-order chi connectivity index (χ0) is 19.8. The molecule has 0 amide bonds. The van der Waals surface area contributed by atoms with Crippen LogP contribution in [0.1, 0.15) is 74.5 Å². The van der Waals surface area contributed by atoms with Gasteiger partial charge in [-0.25, -0.2) is 4.98 Å². The lowest BCUT2D eigenvalue weighted by molar-refractivity contribution is 0.00890. The van der Waals surface area contributed by atoms with Crippen LogP contribution in [0.4, 0.5) is 11.6 Å². The molecule has 0 radical (unpaired) electrons. The average Bonchev–Trinajstić information content (AvgIpc) is 3.14. The Kier molecular flexibility index (Phi) is 5.66. The molecular weight excluding hydrogens is 334 g/mol. The largest absolute Gasteiger partial charge is 0.384 e. The molecule has 0 fully saturated rings. The first-order chi connectivity index (χ1) is 12.9. The number of imidazole rings is 1. The lowest BCUT2D eigenvalue weighted by Gasteiger charge is -2.29. The van der Waals surface area contributed by atoms with Crippen molar-refractivity contribution in [2.24, 2.45) is 0 Å². The van der Waals surface area contributed by atoms with E-state index in [-0.39, 0.29) is 0 Å². The van der Waals surface area contributed by atoms with Gasteiger partial charge in [-0.2, -0.15) is 0 Å². The van der Waals surface area contributed by atoms with Crippen LogP contribution in [-0.2, 0) is 18.6 Å². The summed E-state index contributed by atoms with van der Waals surface area (Å²) in [6.45, 7) is 14.8. The van der Waals surface area contributed by atoms with Crippen LogP contribution >= 0.6 is 0 Å². The molecule has 0 unspecified atom stereocenters. The monoisotopic (exact) mass is 369 g/mol. The third-order valence-electron chi connectivity index (χ3n) is 5.82. The summed E-state index contributed by atoms with van der Waals surface area (Å²) < 4.78 is 2.29. The Bertz CT molecular complexity index is 792. The topological polar surface area (TPSA) is 41.3 Å². The molecule has 1 aromatic carbocycles. The number of benzene rings is 1. The standard InChI is InChI=1S/C23H35N3O/c1-7-10-23(27,11-8-2)21-19(9-3)24-22-25(12-13-26(21)22)20-17(5)14-16(4)15-18(20)6/h14-15,27H,7-13H2,1-6H3. The summed E-state index contributed by atoms with van der Waals surface area (Å²) in [5.74, 6) is 1.00. The first kappa shape index (κ1) is 19.9. The predicted octanol–water partition coefficient (Wildman–Crippen LogP) is 5.31. The van der Waals surface area contributed by atoms with Crippen molar-refractivity contribution in [3.05, 3.63) is 40.2 Å². The van der Waals surface area contributed by atoms with E-state index in [4.69, 9.17) is 4.98 Å².